The van der Waals surface area contributed by atoms with Crippen LogP contribution < -0.4 is 20.0 Å². The van der Waals surface area contributed by atoms with E-state index in [0.717, 1.165) is 59.9 Å². The van der Waals surface area contributed by atoms with Crippen molar-refractivity contribution >= 4 is 22.5 Å². The van der Waals surface area contributed by atoms with Gasteiger partial charge in [-0.25, -0.2) is 4.98 Å². The van der Waals surface area contributed by atoms with Crippen LogP contribution in [0.3, 0.4) is 0 Å². The van der Waals surface area contributed by atoms with Crippen LogP contribution in [0.15, 0.2) is 125 Å². The lowest BCUT2D eigenvalue weighted by Gasteiger charge is -2.36. The van der Waals surface area contributed by atoms with Crippen LogP contribution in [0.1, 0.15) is 11.1 Å². The smallest absolute Gasteiger partial charge is 0.235 e. The van der Waals surface area contributed by atoms with Crippen LogP contribution in [0.25, 0.3) is 33.4 Å². The summed E-state index contributed by atoms with van der Waals surface area (Å²) in [7, 11) is 0. The molecule has 45 heavy (non-hydrogen) atoms. The van der Waals surface area contributed by atoms with E-state index in [-0.39, 0.29) is 11.2 Å². The Morgan fingerprint density at radius 1 is 0.800 bits per heavy atom. The molecule has 7 rings (SSSR count). The molecule has 0 bridgehead atoms. The lowest BCUT2D eigenvalue weighted by molar-refractivity contribution is 0.458. The molecular weight excluding hydrogens is 560 g/mol. The van der Waals surface area contributed by atoms with Crippen molar-refractivity contribution in [3.8, 4) is 40.0 Å². The highest BCUT2D eigenvalue weighted by molar-refractivity contribution is 5.82. The van der Waals surface area contributed by atoms with Gasteiger partial charge in [0.1, 0.15) is 17.2 Å². The Morgan fingerprint density at radius 2 is 1.51 bits per heavy atom. The number of pyridine rings is 1. The van der Waals surface area contributed by atoms with Crippen molar-refractivity contribution in [1.82, 2.24) is 4.98 Å². The number of piperazine rings is 1. The zero-order valence-electron chi connectivity index (χ0n) is 24.8. The number of nitrogens with zero attached hydrogens (tertiary/aromatic N) is 4. The number of rotatable bonds is 6. The van der Waals surface area contributed by atoms with Gasteiger partial charge in [-0.15, -0.1) is 0 Å². The number of fused-ring (bicyclic) bond motifs is 1. The van der Waals surface area contributed by atoms with E-state index in [9.17, 15) is 10.1 Å². The topological polar surface area (TPSA) is 82.6 Å². The van der Waals surface area contributed by atoms with Crippen LogP contribution in [0.5, 0.6) is 11.5 Å². The normalized spacial score (nSPS) is 13.1. The standard InChI is InChI=1S/C38H30N4O3/c1-26-9-11-27(12-10-26)32-18-17-31(24-29(32)25-39)44-38-36(43)33-6-2-3-7-34(33)45-37(38)28-13-15-30(16-14-28)41-20-22-42(23-21-41)35-8-4-5-19-40-35/h2-19,24H,20-23H2,1H3. The zero-order valence-corrected chi connectivity index (χ0v) is 24.8. The first kappa shape index (κ1) is 27.9. The second kappa shape index (κ2) is 12.0. The van der Waals surface area contributed by atoms with Gasteiger partial charge in [0, 0.05) is 43.6 Å². The molecule has 1 saturated heterocycles. The average molecular weight is 591 g/mol. The van der Waals surface area contributed by atoms with Gasteiger partial charge < -0.3 is 19.0 Å². The fraction of sp³-hybridized carbons (Fsp3) is 0.132. The van der Waals surface area contributed by atoms with E-state index < -0.39 is 0 Å². The average Bonchev–Trinajstić information content (AvgIpc) is 3.10. The summed E-state index contributed by atoms with van der Waals surface area (Å²) in [6, 6.07) is 36.8. The van der Waals surface area contributed by atoms with Gasteiger partial charge in [0.2, 0.25) is 11.2 Å². The van der Waals surface area contributed by atoms with E-state index in [2.05, 4.69) is 33.0 Å². The number of nitriles is 1. The molecule has 3 heterocycles. The van der Waals surface area contributed by atoms with Crippen LogP contribution >= 0.6 is 0 Å². The Bertz CT molecular complexity index is 2070. The molecule has 7 heteroatoms. The summed E-state index contributed by atoms with van der Waals surface area (Å²) in [6.07, 6.45) is 1.83. The number of aryl methyl sites for hydroxylation is 1. The molecule has 0 aliphatic carbocycles. The van der Waals surface area contributed by atoms with Crippen LogP contribution in [-0.2, 0) is 0 Å². The van der Waals surface area contributed by atoms with Crippen molar-refractivity contribution in [3.05, 3.63) is 137 Å². The van der Waals surface area contributed by atoms with Crippen LogP contribution in [0, 0.1) is 18.3 Å². The van der Waals surface area contributed by atoms with Crippen molar-refractivity contribution in [2.75, 3.05) is 36.0 Å². The zero-order chi connectivity index (χ0) is 30.8. The summed E-state index contributed by atoms with van der Waals surface area (Å²) in [4.78, 5) is 22.9. The maximum atomic E-state index is 13.8. The second-order valence-electron chi connectivity index (χ2n) is 11.1. The van der Waals surface area contributed by atoms with Crippen LogP contribution in [0.2, 0.25) is 0 Å². The molecule has 1 fully saturated rings. The van der Waals surface area contributed by atoms with Crippen molar-refractivity contribution < 1.29 is 9.15 Å². The van der Waals surface area contributed by atoms with Gasteiger partial charge in [0.15, 0.2) is 5.76 Å². The molecule has 0 amide bonds. The van der Waals surface area contributed by atoms with E-state index >= 15 is 0 Å². The van der Waals surface area contributed by atoms with Crippen molar-refractivity contribution in [1.29, 1.82) is 5.26 Å². The van der Waals surface area contributed by atoms with E-state index in [0.29, 0.717) is 28.0 Å². The van der Waals surface area contributed by atoms with Crippen molar-refractivity contribution in [2.45, 2.75) is 6.92 Å². The molecule has 1 aliphatic rings. The predicted molar refractivity (Wildman–Crippen MR) is 178 cm³/mol. The molecule has 7 nitrogen and oxygen atoms in total. The van der Waals surface area contributed by atoms with Crippen LogP contribution in [-0.4, -0.2) is 31.2 Å². The summed E-state index contributed by atoms with van der Waals surface area (Å²) in [5.41, 5.74) is 5.35. The first-order valence-electron chi connectivity index (χ1n) is 14.9. The Kier molecular flexibility index (Phi) is 7.46. The minimum atomic E-state index is -0.275. The van der Waals surface area contributed by atoms with E-state index in [4.69, 9.17) is 9.15 Å². The van der Waals surface area contributed by atoms with Crippen LogP contribution in [0.4, 0.5) is 11.5 Å². The summed E-state index contributed by atoms with van der Waals surface area (Å²) < 4.78 is 12.6. The highest BCUT2D eigenvalue weighted by Crippen LogP contribution is 2.36. The molecular formula is C38H30N4O3. The van der Waals surface area contributed by atoms with Crippen molar-refractivity contribution in [3.63, 3.8) is 0 Å². The second-order valence-corrected chi connectivity index (χ2v) is 11.1. The quantitative estimate of drug-likeness (QED) is 0.196. The molecule has 4 aromatic carbocycles. The van der Waals surface area contributed by atoms with Crippen molar-refractivity contribution in [2.24, 2.45) is 0 Å². The maximum Gasteiger partial charge on any atom is 0.235 e. The lowest BCUT2D eigenvalue weighted by atomic mass is 9.99. The van der Waals surface area contributed by atoms with Gasteiger partial charge in [0.25, 0.3) is 0 Å². The SMILES string of the molecule is Cc1ccc(-c2ccc(Oc3c(-c4ccc(N5CCN(c6ccccn6)CC5)cc4)oc4ccccc4c3=O)cc2C#N)cc1. The highest BCUT2D eigenvalue weighted by atomic mass is 16.5. The summed E-state index contributed by atoms with van der Waals surface area (Å²) in [5, 5.41) is 10.4. The first-order valence-corrected chi connectivity index (χ1v) is 14.9. The molecule has 0 radical (unpaired) electrons. The lowest BCUT2D eigenvalue weighted by Crippen LogP contribution is -2.46. The molecule has 6 aromatic rings. The number of benzene rings is 4. The Hall–Kier alpha value is -5.87. The summed E-state index contributed by atoms with van der Waals surface area (Å²) in [6.45, 7) is 5.52. The summed E-state index contributed by atoms with van der Waals surface area (Å²) in [5.74, 6) is 1.80. The molecule has 0 N–H and O–H groups in total. The van der Waals surface area contributed by atoms with Gasteiger partial charge >= 0.3 is 0 Å². The third-order valence-electron chi connectivity index (χ3n) is 8.20. The number of hydrogen-bond acceptors (Lipinski definition) is 7. The first-order chi connectivity index (χ1) is 22.1. The molecule has 0 unspecified atom stereocenters. The number of para-hydroxylation sites is 1. The summed E-state index contributed by atoms with van der Waals surface area (Å²) >= 11 is 0. The Labute approximate surface area is 261 Å². The van der Waals surface area contributed by atoms with Gasteiger partial charge in [-0.1, -0.05) is 48.0 Å². The third-order valence-corrected chi connectivity index (χ3v) is 8.20. The fourth-order valence-electron chi connectivity index (χ4n) is 5.75. The van der Waals surface area contributed by atoms with Gasteiger partial charge in [0.05, 0.1) is 17.0 Å². The molecule has 220 valence electrons. The molecule has 0 atom stereocenters. The van der Waals surface area contributed by atoms with E-state index in [1.165, 1.54) is 0 Å². The maximum absolute atomic E-state index is 13.8. The highest BCUT2D eigenvalue weighted by Gasteiger charge is 2.21. The monoisotopic (exact) mass is 590 g/mol. The molecule has 2 aromatic heterocycles. The largest absolute Gasteiger partial charge is 0.452 e. The molecule has 0 saturated carbocycles. The number of ether oxygens (including phenoxy) is 1. The van der Waals surface area contributed by atoms with Gasteiger partial charge in [-0.05, 0) is 84.8 Å². The Morgan fingerprint density at radius 3 is 2.24 bits per heavy atom. The predicted octanol–water partition coefficient (Wildman–Crippen LogP) is 7.82. The van der Waals surface area contributed by atoms with E-state index in [1.807, 2.05) is 79.9 Å². The van der Waals surface area contributed by atoms with Gasteiger partial charge in [-0.2, -0.15) is 5.26 Å². The Balaban J connectivity index is 1.19. The third kappa shape index (κ3) is 5.62. The van der Waals surface area contributed by atoms with E-state index in [1.54, 1.807) is 30.3 Å². The number of anilines is 2. The van der Waals surface area contributed by atoms with Gasteiger partial charge in [-0.3, -0.25) is 4.79 Å². The minimum Gasteiger partial charge on any atom is -0.452 e. The minimum absolute atomic E-state index is 0.0809. The number of aromatic nitrogens is 1. The molecule has 1 aliphatic heterocycles. The molecule has 0 spiro atoms. The number of hydrogen-bond donors (Lipinski definition) is 0. The fourth-order valence-corrected chi connectivity index (χ4v) is 5.75.